The van der Waals surface area contributed by atoms with Gasteiger partial charge in [0.15, 0.2) is 9.84 Å². The van der Waals surface area contributed by atoms with E-state index in [-0.39, 0.29) is 12.1 Å². The Balaban J connectivity index is 1.85. The molecule has 0 saturated carbocycles. The van der Waals surface area contributed by atoms with E-state index >= 15 is 0 Å². The standard InChI is InChI=1S/C19H31N3O5S/c1-19(2,3)27-18(23)22-12-10-16(11-13-22)20-14-6-8-15(9-7-14)21-17(26-4)28(5,24)25/h6-9,16-17,20-21H,10-13H2,1-5H3. The second kappa shape index (κ2) is 9.00. The number of rotatable bonds is 6. The van der Waals surface area contributed by atoms with Gasteiger partial charge < -0.3 is 25.0 Å². The molecule has 1 aromatic rings. The topological polar surface area (TPSA) is 97.0 Å². The van der Waals surface area contributed by atoms with Gasteiger partial charge in [0.05, 0.1) is 0 Å². The van der Waals surface area contributed by atoms with E-state index in [4.69, 9.17) is 9.47 Å². The summed E-state index contributed by atoms with van der Waals surface area (Å²) in [5.74, 6) is 0. The molecule has 1 amide bonds. The number of amides is 1. The third-order valence-corrected chi connectivity index (χ3v) is 5.38. The lowest BCUT2D eigenvalue weighted by atomic mass is 10.0. The zero-order valence-corrected chi connectivity index (χ0v) is 18.0. The van der Waals surface area contributed by atoms with Gasteiger partial charge in [-0.25, -0.2) is 13.2 Å². The van der Waals surface area contributed by atoms with E-state index in [1.165, 1.54) is 7.11 Å². The van der Waals surface area contributed by atoms with Crippen LogP contribution in [0.1, 0.15) is 33.6 Å². The number of hydrogen-bond donors (Lipinski definition) is 2. The summed E-state index contributed by atoms with van der Waals surface area (Å²) in [5, 5.41) is 6.30. The average Bonchev–Trinajstić information content (AvgIpc) is 2.59. The Morgan fingerprint density at radius 2 is 1.68 bits per heavy atom. The number of nitrogens with one attached hydrogen (secondary N) is 2. The zero-order chi connectivity index (χ0) is 20.9. The summed E-state index contributed by atoms with van der Waals surface area (Å²) in [6.07, 6.45) is 2.52. The Labute approximate surface area is 167 Å². The first-order valence-corrected chi connectivity index (χ1v) is 11.3. The number of carbonyl (C=O) groups excluding carboxylic acids is 1. The molecule has 0 spiro atoms. The maximum absolute atomic E-state index is 12.1. The second-order valence-electron chi connectivity index (χ2n) is 8.00. The monoisotopic (exact) mass is 413 g/mol. The molecule has 0 radical (unpaired) electrons. The number of nitrogens with zero attached hydrogens (tertiary/aromatic N) is 1. The molecule has 1 saturated heterocycles. The van der Waals surface area contributed by atoms with Gasteiger partial charge in [-0.15, -0.1) is 0 Å². The molecule has 1 unspecified atom stereocenters. The molecule has 0 aromatic heterocycles. The first kappa shape index (κ1) is 22.3. The van der Waals surface area contributed by atoms with Crippen LogP contribution < -0.4 is 10.6 Å². The molecule has 1 fully saturated rings. The zero-order valence-electron chi connectivity index (χ0n) is 17.2. The fourth-order valence-corrected chi connectivity index (χ4v) is 3.61. The molecular formula is C19H31N3O5S. The van der Waals surface area contributed by atoms with Gasteiger partial charge in [0.25, 0.3) is 0 Å². The van der Waals surface area contributed by atoms with E-state index in [0.717, 1.165) is 24.8 Å². The maximum Gasteiger partial charge on any atom is 0.410 e. The van der Waals surface area contributed by atoms with Crippen molar-refractivity contribution in [2.24, 2.45) is 0 Å². The molecule has 1 aromatic carbocycles. The minimum Gasteiger partial charge on any atom is -0.444 e. The minimum atomic E-state index is -3.36. The highest BCUT2D eigenvalue weighted by Gasteiger charge is 2.26. The lowest BCUT2D eigenvalue weighted by Crippen LogP contribution is -2.44. The van der Waals surface area contributed by atoms with E-state index in [2.05, 4.69) is 10.6 Å². The predicted octanol–water partition coefficient (Wildman–Crippen LogP) is 2.88. The van der Waals surface area contributed by atoms with Gasteiger partial charge in [-0.3, -0.25) is 0 Å². The maximum atomic E-state index is 12.1. The predicted molar refractivity (Wildman–Crippen MR) is 110 cm³/mol. The van der Waals surface area contributed by atoms with Crippen LogP contribution in [0.25, 0.3) is 0 Å². The van der Waals surface area contributed by atoms with Crippen LogP contribution in [0.4, 0.5) is 16.2 Å². The quantitative estimate of drug-likeness (QED) is 0.692. The van der Waals surface area contributed by atoms with E-state index < -0.39 is 21.0 Å². The highest BCUT2D eigenvalue weighted by atomic mass is 32.2. The summed E-state index contributed by atoms with van der Waals surface area (Å²) in [6.45, 7) is 6.89. The first-order valence-electron chi connectivity index (χ1n) is 9.30. The van der Waals surface area contributed by atoms with E-state index in [1.54, 1.807) is 17.0 Å². The lowest BCUT2D eigenvalue weighted by molar-refractivity contribution is 0.0210. The van der Waals surface area contributed by atoms with Crippen LogP contribution >= 0.6 is 0 Å². The molecule has 1 heterocycles. The van der Waals surface area contributed by atoms with Crippen molar-refractivity contribution < 1.29 is 22.7 Å². The first-order chi connectivity index (χ1) is 13.0. The summed E-state index contributed by atoms with van der Waals surface area (Å²) in [7, 11) is -2.02. The van der Waals surface area contributed by atoms with Crippen LogP contribution in [-0.4, -0.2) is 63.1 Å². The molecule has 1 atom stereocenters. The average molecular weight is 414 g/mol. The van der Waals surface area contributed by atoms with Crippen molar-refractivity contribution in [3.05, 3.63) is 24.3 Å². The Kier molecular flexibility index (Phi) is 7.16. The third-order valence-electron chi connectivity index (χ3n) is 4.29. The fraction of sp³-hybridized carbons (Fsp3) is 0.632. The number of hydrogen-bond acceptors (Lipinski definition) is 7. The number of piperidine rings is 1. The summed E-state index contributed by atoms with van der Waals surface area (Å²) in [5.41, 5.74) is 0.0293. The third kappa shape index (κ3) is 6.87. The van der Waals surface area contributed by atoms with Crippen molar-refractivity contribution in [3.63, 3.8) is 0 Å². The van der Waals surface area contributed by atoms with Crippen LogP contribution in [0, 0.1) is 0 Å². The van der Waals surface area contributed by atoms with Gasteiger partial charge in [-0.05, 0) is 57.9 Å². The van der Waals surface area contributed by atoms with Crippen LogP contribution in [0.15, 0.2) is 24.3 Å². The van der Waals surface area contributed by atoms with Crippen LogP contribution in [-0.2, 0) is 19.3 Å². The summed E-state index contributed by atoms with van der Waals surface area (Å²) in [6, 6.07) is 7.64. The number of sulfone groups is 1. The molecule has 1 aliphatic heterocycles. The van der Waals surface area contributed by atoms with Crippen LogP contribution in [0.5, 0.6) is 0 Å². The normalized spacial score (nSPS) is 17.1. The number of carbonyl (C=O) groups is 1. The molecule has 0 aliphatic carbocycles. The number of anilines is 2. The fourth-order valence-electron chi connectivity index (χ4n) is 2.91. The molecule has 0 bridgehead atoms. The molecule has 158 valence electrons. The molecule has 2 rings (SSSR count). The molecular weight excluding hydrogens is 382 g/mol. The van der Waals surface area contributed by atoms with Gasteiger partial charge in [-0.2, -0.15) is 0 Å². The SMILES string of the molecule is COC(Nc1ccc(NC2CCN(C(=O)OC(C)(C)C)CC2)cc1)S(C)(=O)=O. The smallest absolute Gasteiger partial charge is 0.410 e. The van der Waals surface area contributed by atoms with Gasteiger partial charge in [0.1, 0.15) is 5.60 Å². The Morgan fingerprint density at radius 3 is 2.14 bits per heavy atom. The molecule has 9 heteroatoms. The van der Waals surface area contributed by atoms with E-state index in [9.17, 15) is 13.2 Å². The Bertz CT molecular complexity index is 751. The molecule has 1 aliphatic rings. The Morgan fingerprint density at radius 1 is 1.14 bits per heavy atom. The van der Waals surface area contributed by atoms with Crippen LogP contribution in [0.2, 0.25) is 0 Å². The van der Waals surface area contributed by atoms with Crippen molar-refractivity contribution in [1.29, 1.82) is 0 Å². The van der Waals surface area contributed by atoms with Gasteiger partial charge in [-0.1, -0.05) is 0 Å². The highest BCUT2D eigenvalue weighted by molar-refractivity contribution is 7.91. The van der Waals surface area contributed by atoms with Gasteiger partial charge in [0.2, 0.25) is 5.56 Å². The van der Waals surface area contributed by atoms with E-state index in [1.807, 2.05) is 32.9 Å². The van der Waals surface area contributed by atoms with Crippen molar-refractivity contribution in [3.8, 4) is 0 Å². The number of benzene rings is 1. The molecule has 2 N–H and O–H groups in total. The molecule has 8 nitrogen and oxygen atoms in total. The van der Waals surface area contributed by atoms with E-state index in [0.29, 0.717) is 18.8 Å². The minimum absolute atomic E-state index is 0.264. The number of likely N-dealkylation sites (tertiary alicyclic amines) is 1. The lowest BCUT2D eigenvalue weighted by Gasteiger charge is -2.34. The highest BCUT2D eigenvalue weighted by Crippen LogP contribution is 2.21. The van der Waals surface area contributed by atoms with Gasteiger partial charge >= 0.3 is 6.09 Å². The molecule has 28 heavy (non-hydrogen) atoms. The van der Waals surface area contributed by atoms with Crippen molar-refractivity contribution in [2.45, 2.75) is 50.8 Å². The summed E-state index contributed by atoms with van der Waals surface area (Å²) in [4.78, 5) is 13.9. The van der Waals surface area contributed by atoms with Crippen molar-refractivity contribution >= 4 is 27.3 Å². The number of methoxy groups -OCH3 is 1. The van der Waals surface area contributed by atoms with Crippen LogP contribution in [0.3, 0.4) is 0 Å². The summed E-state index contributed by atoms with van der Waals surface area (Å²) >= 11 is 0. The Hall–Kier alpha value is -2.00. The van der Waals surface area contributed by atoms with Crippen molar-refractivity contribution in [2.75, 3.05) is 37.1 Å². The summed E-state index contributed by atoms with van der Waals surface area (Å²) < 4.78 is 33.6. The second-order valence-corrected chi connectivity index (χ2v) is 10.1. The van der Waals surface area contributed by atoms with Gasteiger partial charge in [0, 0.05) is 43.9 Å². The largest absolute Gasteiger partial charge is 0.444 e. The van der Waals surface area contributed by atoms with Crippen molar-refractivity contribution in [1.82, 2.24) is 4.90 Å². The number of ether oxygens (including phenoxy) is 2.